The van der Waals surface area contributed by atoms with E-state index in [9.17, 15) is 18.3 Å². The summed E-state index contributed by atoms with van der Waals surface area (Å²) >= 11 is 0. The molecule has 0 spiro atoms. The first-order valence-corrected chi connectivity index (χ1v) is 11.9. The van der Waals surface area contributed by atoms with Gasteiger partial charge in [0, 0.05) is 44.3 Å². The van der Waals surface area contributed by atoms with Crippen molar-refractivity contribution in [2.75, 3.05) is 50.8 Å². The molecule has 7 heteroatoms. The maximum Gasteiger partial charge on any atom is 0.416 e. The van der Waals surface area contributed by atoms with Crippen molar-refractivity contribution < 1.29 is 23.0 Å². The highest BCUT2D eigenvalue weighted by Gasteiger charge is 2.31. The van der Waals surface area contributed by atoms with Gasteiger partial charge in [-0.2, -0.15) is 13.2 Å². The maximum absolute atomic E-state index is 13.0. The standard InChI is InChI=1S/C28H31F3N2O2/c29-28(30,31)24-12-7-13-25(18-24)33-16-14-32(15-17-33)19-26(34)20-35-21-27(22-8-3-1-4-9-22)23-10-5-2-6-11-23/h1-13,18,26-27,34H,14-17,19-21H2. The molecule has 1 fully saturated rings. The van der Waals surface area contributed by atoms with Crippen LogP contribution in [0.25, 0.3) is 0 Å². The summed E-state index contributed by atoms with van der Waals surface area (Å²) in [6.45, 7) is 3.72. The van der Waals surface area contributed by atoms with Crippen molar-refractivity contribution >= 4 is 5.69 Å². The number of aliphatic hydroxyl groups excluding tert-OH is 1. The van der Waals surface area contributed by atoms with Crippen LogP contribution in [0.4, 0.5) is 18.9 Å². The Hall–Kier alpha value is -2.87. The molecule has 3 aromatic carbocycles. The van der Waals surface area contributed by atoms with E-state index in [0.29, 0.717) is 45.0 Å². The van der Waals surface area contributed by atoms with E-state index in [1.54, 1.807) is 6.07 Å². The minimum atomic E-state index is -4.35. The van der Waals surface area contributed by atoms with Gasteiger partial charge < -0.3 is 14.7 Å². The third-order valence-corrected chi connectivity index (χ3v) is 6.38. The first-order chi connectivity index (χ1) is 16.9. The Balaban J connectivity index is 1.25. The molecule has 0 radical (unpaired) electrons. The van der Waals surface area contributed by atoms with Crippen molar-refractivity contribution in [1.29, 1.82) is 0 Å². The second-order valence-electron chi connectivity index (χ2n) is 8.90. The molecule has 1 heterocycles. The fraction of sp³-hybridized carbons (Fsp3) is 0.357. The van der Waals surface area contributed by atoms with Crippen LogP contribution in [0.1, 0.15) is 22.6 Å². The van der Waals surface area contributed by atoms with E-state index in [1.807, 2.05) is 41.3 Å². The average Bonchev–Trinajstić information content (AvgIpc) is 2.88. The molecule has 1 saturated heterocycles. The Bertz CT molecular complexity index is 999. The molecule has 0 aromatic heterocycles. The fourth-order valence-electron chi connectivity index (χ4n) is 4.50. The molecule has 35 heavy (non-hydrogen) atoms. The molecule has 0 saturated carbocycles. The molecular weight excluding hydrogens is 453 g/mol. The number of piperazine rings is 1. The van der Waals surface area contributed by atoms with Crippen molar-refractivity contribution in [1.82, 2.24) is 4.90 Å². The zero-order valence-electron chi connectivity index (χ0n) is 19.6. The van der Waals surface area contributed by atoms with Gasteiger partial charge in [0.2, 0.25) is 0 Å². The van der Waals surface area contributed by atoms with Crippen LogP contribution in [0.2, 0.25) is 0 Å². The molecule has 1 N–H and O–H groups in total. The topological polar surface area (TPSA) is 35.9 Å². The Morgan fingerprint density at radius 3 is 1.94 bits per heavy atom. The number of alkyl halides is 3. The predicted octanol–water partition coefficient (Wildman–Crippen LogP) is 5.04. The molecule has 4 rings (SSSR count). The van der Waals surface area contributed by atoms with Crippen molar-refractivity contribution in [3.8, 4) is 0 Å². The van der Waals surface area contributed by atoms with Crippen LogP contribution in [-0.2, 0) is 10.9 Å². The first kappa shape index (κ1) is 25.2. The average molecular weight is 485 g/mol. The van der Waals surface area contributed by atoms with Crippen LogP contribution < -0.4 is 4.90 Å². The zero-order valence-corrected chi connectivity index (χ0v) is 19.6. The van der Waals surface area contributed by atoms with E-state index in [0.717, 1.165) is 6.07 Å². The zero-order chi connectivity index (χ0) is 24.7. The van der Waals surface area contributed by atoms with Crippen LogP contribution in [0.5, 0.6) is 0 Å². The summed E-state index contributed by atoms with van der Waals surface area (Å²) in [5.41, 5.74) is 2.28. The van der Waals surface area contributed by atoms with Gasteiger partial charge in [0.05, 0.1) is 24.9 Å². The molecule has 1 unspecified atom stereocenters. The van der Waals surface area contributed by atoms with Gasteiger partial charge >= 0.3 is 6.18 Å². The fourth-order valence-corrected chi connectivity index (χ4v) is 4.50. The Labute approximate surface area is 204 Å². The molecule has 0 amide bonds. The first-order valence-electron chi connectivity index (χ1n) is 11.9. The summed E-state index contributed by atoms with van der Waals surface area (Å²) in [6, 6.07) is 25.8. The van der Waals surface area contributed by atoms with E-state index in [2.05, 4.69) is 29.2 Å². The van der Waals surface area contributed by atoms with Crippen LogP contribution in [0.3, 0.4) is 0 Å². The SMILES string of the molecule is OC(COCC(c1ccccc1)c1ccccc1)CN1CCN(c2cccc(C(F)(F)F)c2)CC1. The van der Waals surface area contributed by atoms with Crippen molar-refractivity contribution in [3.05, 3.63) is 102 Å². The summed E-state index contributed by atoms with van der Waals surface area (Å²) in [4.78, 5) is 4.09. The largest absolute Gasteiger partial charge is 0.416 e. The highest BCUT2D eigenvalue weighted by Crippen LogP contribution is 2.32. The number of hydrogen-bond acceptors (Lipinski definition) is 4. The number of halogens is 3. The lowest BCUT2D eigenvalue weighted by molar-refractivity contribution is -0.137. The molecule has 1 aliphatic rings. The van der Waals surface area contributed by atoms with Gasteiger partial charge in [-0.3, -0.25) is 4.90 Å². The lowest BCUT2D eigenvalue weighted by Gasteiger charge is -2.37. The smallest absolute Gasteiger partial charge is 0.389 e. The Morgan fingerprint density at radius 1 is 0.771 bits per heavy atom. The molecule has 1 aliphatic heterocycles. The van der Waals surface area contributed by atoms with E-state index >= 15 is 0 Å². The number of β-amino-alcohol motifs (C(OH)–C–C–N with tert-alkyl or cyclic N) is 1. The highest BCUT2D eigenvalue weighted by molar-refractivity contribution is 5.49. The van der Waals surface area contributed by atoms with Gasteiger partial charge in [-0.25, -0.2) is 0 Å². The monoisotopic (exact) mass is 484 g/mol. The van der Waals surface area contributed by atoms with Crippen LogP contribution in [0, 0.1) is 0 Å². The molecule has 0 aliphatic carbocycles. The highest BCUT2D eigenvalue weighted by atomic mass is 19.4. The summed E-state index contributed by atoms with van der Waals surface area (Å²) in [6.07, 6.45) is -4.98. The lowest BCUT2D eigenvalue weighted by atomic mass is 9.92. The molecule has 1 atom stereocenters. The Morgan fingerprint density at radius 2 is 1.37 bits per heavy atom. The van der Waals surface area contributed by atoms with Gasteiger partial charge in [0.25, 0.3) is 0 Å². The molecule has 186 valence electrons. The number of benzene rings is 3. The van der Waals surface area contributed by atoms with E-state index in [-0.39, 0.29) is 12.5 Å². The lowest BCUT2D eigenvalue weighted by Crippen LogP contribution is -2.49. The summed E-state index contributed by atoms with van der Waals surface area (Å²) in [5.74, 6) is 0.0839. The van der Waals surface area contributed by atoms with Gasteiger partial charge in [0.15, 0.2) is 0 Å². The number of aliphatic hydroxyl groups is 1. The molecule has 0 bridgehead atoms. The van der Waals surface area contributed by atoms with Crippen LogP contribution in [-0.4, -0.2) is 62.0 Å². The molecule has 4 nitrogen and oxygen atoms in total. The minimum absolute atomic E-state index is 0.0839. The van der Waals surface area contributed by atoms with E-state index in [1.165, 1.54) is 23.3 Å². The number of anilines is 1. The van der Waals surface area contributed by atoms with Crippen molar-refractivity contribution in [3.63, 3.8) is 0 Å². The number of nitrogens with zero attached hydrogens (tertiary/aromatic N) is 2. The molecular formula is C28H31F3N2O2. The van der Waals surface area contributed by atoms with E-state index in [4.69, 9.17) is 4.74 Å². The number of ether oxygens (including phenoxy) is 1. The van der Waals surface area contributed by atoms with Crippen LogP contribution >= 0.6 is 0 Å². The third kappa shape index (κ3) is 7.07. The van der Waals surface area contributed by atoms with Crippen LogP contribution in [0.15, 0.2) is 84.9 Å². The quantitative estimate of drug-likeness (QED) is 0.462. The van der Waals surface area contributed by atoms with Gasteiger partial charge in [-0.1, -0.05) is 66.7 Å². The van der Waals surface area contributed by atoms with Gasteiger partial charge in [-0.05, 0) is 29.3 Å². The second kappa shape index (κ2) is 11.7. The summed E-state index contributed by atoms with van der Waals surface area (Å²) in [5, 5.41) is 10.6. The van der Waals surface area contributed by atoms with Gasteiger partial charge in [0.1, 0.15) is 0 Å². The third-order valence-electron chi connectivity index (χ3n) is 6.38. The van der Waals surface area contributed by atoms with Crippen molar-refractivity contribution in [2.24, 2.45) is 0 Å². The summed E-state index contributed by atoms with van der Waals surface area (Å²) < 4.78 is 45.0. The summed E-state index contributed by atoms with van der Waals surface area (Å²) in [7, 11) is 0. The molecule has 3 aromatic rings. The maximum atomic E-state index is 13.0. The van der Waals surface area contributed by atoms with Gasteiger partial charge in [-0.15, -0.1) is 0 Å². The van der Waals surface area contributed by atoms with Crippen molar-refractivity contribution in [2.45, 2.75) is 18.2 Å². The number of hydrogen-bond donors (Lipinski definition) is 1. The second-order valence-corrected chi connectivity index (χ2v) is 8.90. The predicted molar refractivity (Wildman–Crippen MR) is 132 cm³/mol. The Kier molecular flexibility index (Phi) is 8.44. The number of rotatable bonds is 9. The normalized spacial score (nSPS) is 16.0. The van der Waals surface area contributed by atoms with E-state index < -0.39 is 17.8 Å². The minimum Gasteiger partial charge on any atom is -0.389 e.